The zero-order valence-corrected chi connectivity index (χ0v) is 25.6. The first-order valence-corrected chi connectivity index (χ1v) is 14.6. The molecule has 1 aliphatic carbocycles. The maximum absolute atomic E-state index is 5.53. The third-order valence-electron chi connectivity index (χ3n) is 7.37. The minimum absolute atomic E-state index is 0.317. The van der Waals surface area contributed by atoms with Crippen molar-refractivity contribution in [3.8, 4) is 34.9 Å². The van der Waals surface area contributed by atoms with Gasteiger partial charge in [0.1, 0.15) is 28.8 Å². The summed E-state index contributed by atoms with van der Waals surface area (Å²) in [4.78, 5) is 18.9. The minimum atomic E-state index is 0.317. The molecule has 4 aromatic rings. The number of hydrogen-bond donors (Lipinski definition) is 1. The molecule has 2 aromatic heterocycles. The third kappa shape index (κ3) is 6.94. The van der Waals surface area contributed by atoms with Gasteiger partial charge in [-0.2, -0.15) is 9.67 Å². The molecule has 2 aliphatic rings. The Morgan fingerprint density at radius 1 is 0.889 bits per heavy atom. The van der Waals surface area contributed by atoms with Crippen molar-refractivity contribution in [1.29, 1.82) is 0 Å². The van der Waals surface area contributed by atoms with Crippen LogP contribution in [0.15, 0.2) is 89.6 Å². The number of methoxy groups -OCH3 is 3. The lowest BCUT2D eigenvalue weighted by molar-refractivity contribution is 0.354. The van der Waals surface area contributed by atoms with Crippen molar-refractivity contribution < 1.29 is 14.2 Å². The number of hydrogen-bond acceptors (Lipinski definition) is 9. The van der Waals surface area contributed by atoms with Crippen LogP contribution in [0.2, 0.25) is 0 Å². The van der Waals surface area contributed by atoms with Crippen LogP contribution in [0, 0.1) is 24.7 Å². The molecule has 1 unspecified atom stereocenters. The number of nitrogens with zero attached hydrogens (tertiary/aromatic N) is 6. The number of rotatable bonds is 9. The molecule has 1 aliphatic heterocycles. The lowest BCUT2D eigenvalue weighted by atomic mass is 9.92. The summed E-state index contributed by atoms with van der Waals surface area (Å²) in [5.41, 5.74) is 4.37. The Kier molecular flexibility index (Phi) is 8.69. The van der Waals surface area contributed by atoms with Gasteiger partial charge in [0, 0.05) is 30.7 Å². The summed E-state index contributed by atoms with van der Waals surface area (Å²) in [5, 5.41) is 8.15. The Labute approximate surface area is 262 Å². The molecule has 6 rings (SSSR count). The summed E-state index contributed by atoms with van der Waals surface area (Å²) in [6, 6.07) is 15.5. The van der Waals surface area contributed by atoms with Crippen LogP contribution in [0.25, 0.3) is 5.82 Å². The first-order chi connectivity index (χ1) is 22.0. The number of nitrogens with one attached hydrogen (secondary N) is 1. The monoisotopic (exact) mass is 599 g/mol. The lowest BCUT2D eigenvalue weighted by Gasteiger charge is -2.17. The molecule has 1 N–H and O–H groups in total. The van der Waals surface area contributed by atoms with Gasteiger partial charge in [0.25, 0.3) is 0 Å². The largest absolute Gasteiger partial charge is 0.497 e. The number of ether oxygens (including phenoxy) is 3. The number of benzene rings is 2. The SMILES string of the molecule is COc1ccc(CNc2nc(Cc3ccc(OC)c(OC)c3)n(-c3cc(C#CC4=CCC5C=CC=CC5=N4)nc(C)n3)n2)cc1. The lowest BCUT2D eigenvalue weighted by Crippen LogP contribution is -2.14. The van der Waals surface area contributed by atoms with E-state index >= 15 is 0 Å². The summed E-state index contributed by atoms with van der Waals surface area (Å²) in [6.45, 7) is 2.37. The molecular formula is C35H33N7O3. The van der Waals surface area contributed by atoms with Crippen LogP contribution in [-0.2, 0) is 13.0 Å². The number of aryl methyl sites for hydroxylation is 1. The molecule has 0 saturated carbocycles. The van der Waals surface area contributed by atoms with E-state index in [1.165, 1.54) is 0 Å². The van der Waals surface area contributed by atoms with E-state index in [2.05, 4.69) is 40.4 Å². The third-order valence-corrected chi connectivity index (χ3v) is 7.37. The fourth-order valence-electron chi connectivity index (χ4n) is 5.06. The Morgan fingerprint density at radius 3 is 2.51 bits per heavy atom. The number of allylic oxidation sites excluding steroid dienone is 6. The molecule has 2 aromatic carbocycles. The van der Waals surface area contributed by atoms with Crippen molar-refractivity contribution in [3.05, 3.63) is 113 Å². The van der Waals surface area contributed by atoms with Crippen molar-refractivity contribution in [2.45, 2.75) is 26.3 Å². The molecule has 0 saturated heterocycles. The summed E-state index contributed by atoms with van der Waals surface area (Å²) in [5.74, 6) is 11.1. The van der Waals surface area contributed by atoms with E-state index in [9.17, 15) is 0 Å². The Bertz CT molecular complexity index is 1890. The van der Waals surface area contributed by atoms with Gasteiger partial charge in [-0.1, -0.05) is 36.4 Å². The zero-order chi connectivity index (χ0) is 31.2. The van der Waals surface area contributed by atoms with Gasteiger partial charge in [-0.15, -0.1) is 5.10 Å². The van der Waals surface area contributed by atoms with Crippen LogP contribution in [-0.4, -0.2) is 51.8 Å². The second-order valence-corrected chi connectivity index (χ2v) is 10.5. The molecule has 45 heavy (non-hydrogen) atoms. The highest BCUT2D eigenvalue weighted by Crippen LogP contribution is 2.29. The summed E-state index contributed by atoms with van der Waals surface area (Å²) in [6.07, 6.45) is 11.7. The molecule has 0 bridgehead atoms. The highest BCUT2D eigenvalue weighted by molar-refractivity contribution is 6.00. The van der Waals surface area contributed by atoms with Crippen molar-refractivity contribution in [2.75, 3.05) is 26.6 Å². The van der Waals surface area contributed by atoms with Gasteiger partial charge in [-0.25, -0.2) is 15.0 Å². The van der Waals surface area contributed by atoms with Gasteiger partial charge in [0.2, 0.25) is 5.95 Å². The fraction of sp³-hybridized carbons (Fsp3) is 0.229. The second kappa shape index (κ2) is 13.3. The molecule has 3 heterocycles. The summed E-state index contributed by atoms with van der Waals surface area (Å²) < 4.78 is 18.0. The van der Waals surface area contributed by atoms with Crippen molar-refractivity contribution in [2.24, 2.45) is 10.9 Å². The molecule has 0 fully saturated rings. The van der Waals surface area contributed by atoms with E-state index in [0.717, 1.165) is 34.7 Å². The molecule has 226 valence electrons. The van der Waals surface area contributed by atoms with Crippen LogP contribution in [0.3, 0.4) is 0 Å². The fourth-order valence-corrected chi connectivity index (χ4v) is 5.06. The Balaban J connectivity index is 1.31. The Hall–Kier alpha value is -5.69. The quantitative estimate of drug-likeness (QED) is 0.254. The highest BCUT2D eigenvalue weighted by atomic mass is 16.5. The number of aromatic nitrogens is 5. The van der Waals surface area contributed by atoms with Crippen LogP contribution < -0.4 is 19.5 Å². The maximum Gasteiger partial charge on any atom is 0.243 e. The average molecular weight is 600 g/mol. The smallest absolute Gasteiger partial charge is 0.243 e. The first-order valence-electron chi connectivity index (χ1n) is 14.6. The van der Waals surface area contributed by atoms with E-state index in [1.54, 1.807) is 26.0 Å². The molecule has 10 nitrogen and oxygen atoms in total. The first kappa shape index (κ1) is 29.4. The van der Waals surface area contributed by atoms with E-state index < -0.39 is 0 Å². The molecule has 0 amide bonds. The Morgan fingerprint density at radius 2 is 1.71 bits per heavy atom. The van der Waals surface area contributed by atoms with Crippen molar-refractivity contribution in [3.63, 3.8) is 0 Å². The van der Waals surface area contributed by atoms with Crippen LogP contribution >= 0.6 is 0 Å². The van der Waals surface area contributed by atoms with Gasteiger partial charge in [-0.05, 0) is 72.7 Å². The van der Waals surface area contributed by atoms with Gasteiger partial charge in [0.05, 0.1) is 21.3 Å². The molecular weight excluding hydrogens is 566 g/mol. The molecule has 1 atom stereocenters. The highest BCUT2D eigenvalue weighted by Gasteiger charge is 2.18. The number of anilines is 1. The van der Waals surface area contributed by atoms with E-state index in [-0.39, 0.29) is 0 Å². The summed E-state index contributed by atoms with van der Waals surface area (Å²) in [7, 11) is 4.89. The normalized spacial score (nSPS) is 14.9. The molecule has 0 spiro atoms. The number of fused-ring (bicyclic) bond motifs is 1. The van der Waals surface area contributed by atoms with Gasteiger partial charge in [0.15, 0.2) is 17.3 Å². The molecule has 0 radical (unpaired) electrons. The maximum atomic E-state index is 5.53. The van der Waals surface area contributed by atoms with Crippen molar-refractivity contribution in [1.82, 2.24) is 24.7 Å². The standard InChI is InChI=1S/C35H33N7O3/c1-23-37-28(15-14-27-13-12-26-7-5-6-8-30(26)39-27)21-34(38-23)42-33(20-25-11-18-31(44-3)32(19-25)45-4)40-35(41-42)36-22-24-9-16-29(43-2)17-10-24/h5-11,13,16-19,21,26H,12,20,22H2,1-4H3,(H,36,41). The van der Waals surface area contributed by atoms with Crippen LogP contribution in [0.5, 0.6) is 17.2 Å². The van der Waals surface area contributed by atoms with Gasteiger partial charge < -0.3 is 19.5 Å². The van der Waals surface area contributed by atoms with Crippen molar-refractivity contribution >= 4 is 11.7 Å². The van der Waals surface area contributed by atoms with Crippen LogP contribution in [0.1, 0.15) is 34.9 Å². The topological polar surface area (TPSA) is 109 Å². The van der Waals surface area contributed by atoms with Crippen LogP contribution in [0.4, 0.5) is 5.95 Å². The number of aliphatic imine (C=N–C) groups is 1. The zero-order valence-electron chi connectivity index (χ0n) is 25.6. The predicted molar refractivity (Wildman–Crippen MR) is 173 cm³/mol. The summed E-state index contributed by atoms with van der Waals surface area (Å²) >= 11 is 0. The predicted octanol–water partition coefficient (Wildman–Crippen LogP) is 5.42. The minimum Gasteiger partial charge on any atom is -0.497 e. The van der Waals surface area contributed by atoms with E-state index in [4.69, 9.17) is 34.3 Å². The van der Waals surface area contributed by atoms with E-state index in [0.29, 0.717) is 59.5 Å². The van der Waals surface area contributed by atoms with Gasteiger partial charge >= 0.3 is 0 Å². The molecule has 10 heteroatoms. The average Bonchev–Trinajstić information content (AvgIpc) is 3.48. The second-order valence-electron chi connectivity index (χ2n) is 10.5. The van der Waals surface area contributed by atoms with Gasteiger partial charge in [-0.3, -0.25) is 0 Å². The van der Waals surface area contributed by atoms with E-state index in [1.807, 2.05) is 67.6 Å².